The zero-order valence-corrected chi connectivity index (χ0v) is 9.87. The predicted octanol–water partition coefficient (Wildman–Crippen LogP) is 1.42. The van der Waals surface area contributed by atoms with E-state index in [1.807, 2.05) is 24.3 Å². The summed E-state index contributed by atoms with van der Waals surface area (Å²) < 4.78 is 0.934. The second kappa shape index (κ2) is 4.52. The molecule has 0 spiro atoms. The number of benzene rings is 1. The maximum absolute atomic E-state index is 11.1. The summed E-state index contributed by atoms with van der Waals surface area (Å²) >= 11 is 3.34. The van der Waals surface area contributed by atoms with E-state index in [-0.39, 0.29) is 18.5 Å². The molecule has 1 atom stereocenters. The fraction of sp³-hybridized carbons (Fsp3) is 0.200. The Hall–Kier alpha value is -1.56. The van der Waals surface area contributed by atoms with Gasteiger partial charge in [0, 0.05) is 10.2 Å². The van der Waals surface area contributed by atoms with Crippen molar-refractivity contribution >= 4 is 33.6 Å². The fourth-order valence-corrected chi connectivity index (χ4v) is 1.87. The third-order valence-corrected chi connectivity index (χ3v) is 2.61. The van der Waals surface area contributed by atoms with Crippen molar-refractivity contribution in [2.24, 2.45) is 0 Å². The molecule has 1 aromatic rings. The number of rotatable bonds is 2. The average molecular weight is 284 g/mol. The van der Waals surface area contributed by atoms with E-state index in [1.54, 1.807) is 0 Å². The number of anilines is 1. The van der Waals surface area contributed by atoms with Crippen LogP contribution in [0.15, 0.2) is 28.7 Å². The van der Waals surface area contributed by atoms with Gasteiger partial charge in [-0.05, 0) is 18.2 Å². The molecule has 2 rings (SSSR count). The number of halogens is 1. The zero-order valence-electron chi connectivity index (χ0n) is 8.29. The summed E-state index contributed by atoms with van der Waals surface area (Å²) in [6, 6.07) is 7.04. The molecule has 16 heavy (non-hydrogen) atoms. The van der Waals surface area contributed by atoms with Gasteiger partial charge in [-0.2, -0.15) is 0 Å². The molecule has 1 aliphatic rings. The molecule has 0 radical (unpaired) electrons. The second-order valence-corrected chi connectivity index (χ2v) is 4.35. The van der Waals surface area contributed by atoms with Gasteiger partial charge in [-0.15, -0.1) is 0 Å². The lowest BCUT2D eigenvalue weighted by Gasteiger charge is -2.24. The number of imide groups is 1. The van der Waals surface area contributed by atoms with E-state index in [4.69, 9.17) is 0 Å². The van der Waals surface area contributed by atoms with Crippen LogP contribution in [0.2, 0.25) is 0 Å². The lowest BCUT2D eigenvalue weighted by molar-refractivity contribution is -0.121. The maximum Gasteiger partial charge on any atom is 0.323 e. The minimum Gasteiger partial charge on any atom is -0.365 e. The van der Waals surface area contributed by atoms with E-state index in [0.717, 1.165) is 10.2 Å². The predicted molar refractivity (Wildman–Crippen MR) is 62.8 cm³/mol. The average Bonchev–Trinajstić information content (AvgIpc) is 2.15. The lowest BCUT2D eigenvalue weighted by atomic mass is 10.2. The van der Waals surface area contributed by atoms with Crippen LogP contribution in [0.5, 0.6) is 0 Å². The van der Waals surface area contributed by atoms with Crippen LogP contribution >= 0.6 is 15.9 Å². The van der Waals surface area contributed by atoms with Crippen molar-refractivity contribution < 1.29 is 9.59 Å². The fourth-order valence-electron chi connectivity index (χ4n) is 1.47. The first-order valence-electron chi connectivity index (χ1n) is 4.76. The van der Waals surface area contributed by atoms with Gasteiger partial charge in [0.2, 0.25) is 5.91 Å². The monoisotopic (exact) mass is 283 g/mol. The van der Waals surface area contributed by atoms with E-state index in [9.17, 15) is 9.59 Å². The molecule has 0 saturated carbocycles. The lowest BCUT2D eigenvalue weighted by Crippen LogP contribution is -2.55. The number of amides is 3. The summed E-state index contributed by atoms with van der Waals surface area (Å²) in [6.45, 7) is 0. The minimum atomic E-state index is -0.469. The third-order valence-electron chi connectivity index (χ3n) is 2.11. The summed E-state index contributed by atoms with van der Waals surface area (Å²) in [5.41, 5.74) is 0.842. The van der Waals surface area contributed by atoms with Crippen molar-refractivity contribution in [1.29, 1.82) is 0 Å². The van der Waals surface area contributed by atoms with Crippen LogP contribution in [-0.2, 0) is 4.79 Å². The summed E-state index contributed by atoms with van der Waals surface area (Å²) in [6.07, 6.45) is -0.145. The highest BCUT2D eigenvalue weighted by Gasteiger charge is 2.23. The number of carbonyl (C=O) groups excluding carboxylic acids is 2. The summed E-state index contributed by atoms with van der Waals surface area (Å²) in [7, 11) is 0. The highest BCUT2D eigenvalue weighted by Crippen LogP contribution is 2.16. The molecule has 84 valence electrons. The Balaban J connectivity index is 2.04. The molecule has 3 N–H and O–H groups in total. The van der Waals surface area contributed by atoms with E-state index in [0.29, 0.717) is 0 Å². The second-order valence-electron chi connectivity index (χ2n) is 3.43. The first-order valence-corrected chi connectivity index (χ1v) is 5.55. The Bertz CT molecular complexity index is 420. The van der Waals surface area contributed by atoms with E-state index in [2.05, 4.69) is 31.9 Å². The van der Waals surface area contributed by atoms with Crippen LogP contribution < -0.4 is 16.0 Å². The normalized spacial score (nSPS) is 19.9. The Kier molecular flexibility index (Phi) is 3.09. The number of hydrogen-bond acceptors (Lipinski definition) is 3. The smallest absolute Gasteiger partial charge is 0.323 e. The van der Waals surface area contributed by atoms with Crippen LogP contribution in [0.4, 0.5) is 10.5 Å². The molecule has 1 aromatic carbocycles. The summed E-state index contributed by atoms with van der Waals surface area (Å²) in [5.74, 6) is -0.281. The van der Waals surface area contributed by atoms with Gasteiger partial charge >= 0.3 is 6.03 Å². The van der Waals surface area contributed by atoms with Gasteiger partial charge in [-0.1, -0.05) is 22.0 Å². The van der Waals surface area contributed by atoms with Gasteiger partial charge in [0.25, 0.3) is 0 Å². The van der Waals surface area contributed by atoms with Crippen LogP contribution in [-0.4, -0.2) is 18.1 Å². The van der Waals surface area contributed by atoms with Crippen molar-refractivity contribution in [1.82, 2.24) is 10.6 Å². The van der Waals surface area contributed by atoms with Gasteiger partial charge in [0.1, 0.15) is 6.17 Å². The molecular formula is C10H10BrN3O2. The third kappa shape index (κ3) is 2.73. The Labute approximate surface area is 101 Å². The van der Waals surface area contributed by atoms with Gasteiger partial charge < -0.3 is 10.6 Å². The number of carbonyl (C=O) groups is 2. The standard InChI is InChI=1S/C10H10BrN3O2/c11-6-2-1-3-7(4-6)12-8-5-9(15)14-10(16)13-8/h1-4,8,12H,5H2,(H2,13,14,15,16). The molecule has 0 aliphatic carbocycles. The van der Waals surface area contributed by atoms with Gasteiger partial charge in [-0.25, -0.2) is 4.79 Å². The Morgan fingerprint density at radius 3 is 2.88 bits per heavy atom. The van der Waals surface area contributed by atoms with Crippen molar-refractivity contribution in [3.8, 4) is 0 Å². The Morgan fingerprint density at radius 1 is 1.38 bits per heavy atom. The first kappa shape index (κ1) is 10.9. The van der Waals surface area contributed by atoms with Crippen molar-refractivity contribution in [2.75, 3.05) is 5.32 Å². The highest BCUT2D eigenvalue weighted by atomic mass is 79.9. The topological polar surface area (TPSA) is 70.2 Å². The van der Waals surface area contributed by atoms with Crippen LogP contribution in [0.25, 0.3) is 0 Å². The largest absolute Gasteiger partial charge is 0.365 e. The SMILES string of the molecule is O=C1CC(Nc2cccc(Br)c2)NC(=O)N1. The van der Waals surface area contributed by atoms with Crippen molar-refractivity contribution in [3.05, 3.63) is 28.7 Å². The van der Waals surface area contributed by atoms with Gasteiger partial charge in [0.15, 0.2) is 0 Å². The number of hydrogen-bond donors (Lipinski definition) is 3. The molecule has 0 bridgehead atoms. The Morgan fingerprint density at radius 2 is 2.19 bits per heavy atom. The highest BCUT2D eigenvalue weighted by molar-refractivity contribution is 9.10. The molecule has 1 saturated heterocycles. The summed E-state index contributed by atoms with van der Waals surface area (Å²) in [5, 5.41) is 7.85. The first-order chi connectivity index (χ1) is 7.63. The quantitative estimate of drug-likeness (QED) is 0.769. The number of urea groups is 1. The molecule has 1 unspecified atom stereocenters. The maximum atomic E-state index is 11.1. The summed E-state index contributed by atoms with van der Waals surface area (Å²) in [4.78, 5) is 22.2. The molecule has 1 heterocycles. The van der Waals surface area contributed by atoms with Crippen LogP contribution in [0.1, 0.15) is 6.42 Å². The van der Waals surface area contributed by atoms with E-state index in [1.165, 1.54) is 0 Å². The van der Waals surface area contributed by atoms with Gasteiger partial charge in [0.05, 0.1) is 6.42 Å². The van der Waals surface area contributed by atoms with E-state index < -0.39 is 6.03 Å². The number of nitrogens with one attached hydrogen (secondary N) is 3. The van der Waals surface area contributed by atoms with Crippen molar-refractivity contribution in [3.63, 3.8) is 0 Å². The molecule has 1 fully saturated rings. The van der Waals surface area contributed by atoms with Gasteiger partial charge in [-0.3, -0.25) is 10.1 Å². The molecule has 5 nitrogen and oxygen atoms in total. The molecule has 0 aromatic heterocycles. The minimum absolute atomic E-state index is 0.220. The molecule has 3 amide bonds. The van der Waals surface area contributed by atoms with Crippen molar-refractivity contribution in [2.45, 2.75) is 12.6 Å². The molecule has 6 heteroatoms. The van der Waals surface area contributed by atoms with Crippen LogP contribution in [0.3, 0.4) is 0 Å². The molecular weight excluding hydrogens is 274 g/mol. The molecule has 1 aliphatic heterocycles. The van der Waals surface area contributed by atoms with E-state index >= 15 is 0 Å². The van der Waals surface area contributed by atoms with Crippen LogP contribution in [0, 0.1) is 0 Å². The zero-order chi connectivity index (χ0) is 11.5.